The molecular formula is C21H27N3O5S. The number of hydrogen-bond donors (Lipinski definition) is 0. The van der Waals surface area contributed by atoms with Crippen molar-refractivity contribution >= 4 is 15.7 Å². The van der Waals surface area contributed by atoms with E-state index in [0.717, 1.165) is 26.2 Å². The summed E-state index contributed by atoms with van der Waals surface area (Å²) in [6.07, 6.45) is 0. The number of rotatable bonds is 5. The predicted molar refractivity (Wildman–Crippen MR) is 115 cm³/mol. The van der Waals surface area contributed by atoms with Gasteiger partial charge in [0.25, 0.3) is 0 Å². The highest BCUT2D eigenvalue weighted by atomic mass is 32.2. The number of piperazine rings is 1. The summed E-state index contributed by atoms with van der Waals surface area (Å²) in [5, 5.41) is 0. The van der Waals surface area contributed by atoms with Crippen molar-refractivity contribution in [3.05, 3.63) is 46.6 Å². The van der Waals surface area contributed by atoms with Crippen molar-refractivity contribution in [3.63, 3.8) is 0 Å². The van der Waals surface area contributed by atoms with Crippen LogP contribution in [0.4, 0.5) is 5.88 Å². The second kappa shape index (κ2) is 8.89. The van der Waals surface area contributed by atoms with E-state index in [2.05, 4.69) is 4.90 Å². The molecule has 0 N–H and O–H groups in total. The van der Waals surface area contributed by atoms with Gasteiger partial charge in [-0.1, -0.05) is 0 Å². The molecule has 1 aromatic carbocycles. The van der Waals surface area contributed by atoms with E-state index in [1.807, 2.05) is 16.8 Å². The maximum absolute atomic E-state index is 12.8. The van der Waals surface area contributed by atoms with Gasteiger partial charge in [0.1, 0.15) is 11.6 Å². The van der Waals surface area contributed by atoms with Crippen LogP contribution >= 0.6 is 0 Å². The Morgan fingerprint density at radius 2 is 1.60 bits per heavy atom. The third kappa shape index (κ3) is 4.92. The molecule has 0 bridgehead atoms. The molecular weight excluding hydrogens is 406 g/mol. The molecule has 9 heteroatoms. The predicted octanol–water partition coefficient (Wildman–Crippen LogP) is 1.12. The van der Waals surface area contributed by atoms with Crippen LogP contribution in [0.25, 0.3) is 11.3 Å². The maximum atomic E-state index is 12.8. The average molecular weight is 434 g/mol. The summed E-state index contributed by atoms with van der Waals surface area (Å²) in [6.45, 7) is 5.73. The molecule has 0 aliphatic carbocycles. The van der Waals surface area contributed by atoms with E-state index in [4.69, 9.17) is 9.15 Å². The van der Waals surface area contributed by atoms with Gasteiger partial charge in [-0.15, -0.1) is 0 Å². The maximum Gasteiger partial charge on any atom is 0.200 e. The van der Waals surface area contributed by atoms with E-state index in [1.54, 1.807) is 24.3 Å². The second-order valence-corrected chi connectivity index (χ2v) is 9.74. The Hall–Kier alpha value is -2.20. The second-order valence-electron chi connectivity index (χ2n) is 7.78. The monoisotopic (exact) mass is 433 g/mol. The van der Waals surface area contributed by atoms with Crippen LogP contribution in [-0.2, 0) is 14.6 Å². The SMILES string of the molecule is CN1CCN(CS(=O)(=O)c2ccc(-c3cc(=O)cc(N4CCOCC4)o3)cc2)CC1. The minimum atomic E-state index is -3.42. The van der Waals surface area contributed by atoms with Crippen molar-refractivity contribution in [2.75, 3.05) is 70.3 Å². The summed E-state index contributed by atoms with van der Waals surface area (Å²) in [7, 11) is -1.38. The van der Waals surface area contributed by atoms with Crippen LogP contribution in [0.2, 0.25) is 0 Å². The van der Waals surface area contributed by atoms with Gasteiger partial charge < -0.3 is 19.0 Å². The standard InChI is InChI=1S/C21H27N3O5S/c1-22-6-8-23(9-7-22)16-30(26,27)19-4-2-17(3-5-19)20-14-18(25)15-21(29-20)24-10-12-28-13-11-24/h2-5,14-15H,6-13,16H2,1H3. The Bertz CT molecular complexity index is 1020. The van der Waals surface area contributed by atoms with E-state index in [1.165, 1.54) is 12.1 Å². The van der Waals surface area contributed by atoms with Gasteiger partial charge >= 0.3 is 0 Å². The number of likely N-dealkylation sites (N-methyl/N-ethyl adjacent to an activating group) is 1. The lowest BCUT2D eigenvalue weighted by molar-refractivity contribution is 0.120. The van der Waals surface area contributed by atoms with Crippen molar-refractivity contribution in [1.82, 2.24) is 9.80 Å². The van der Waals surface area contributed by atoms with E-state index >= 15 is 0 Å². The van der Waals surface area contributed by atoms with E-state index in [9.17, 15) is 13.2 Å². The third-order valence-electron chi connectivity index (χ3n) is 5.52. The molecule has 0 unspecified atom stereocenters. The Balaban J connectivity index is 1.52. The van der Waals surface area contributed by atoms with E-state index < -0.39 is 9.84 Å². The molecule has 2 aliphatic heterocycles. The Kier molecular flexibility index (Phi) is 6.24. The summed E-state index contributed by atoms with van der Waals surface area (Å²) in [5.74, 6) is 0.946. The molecule has 2 fully saturated rings. The molecule has 2 aliphatic rings. The number of hydrogen-bond acceptors (Lipinski definition) is 8. The number of morpholine rings is 1. The third-order valence-corrected chi connectivity index (χ3v) is 7.22. The van der Waals surface area contributed by atoms with Crippen molar-refractivity contribution in [2.24, 2.45) is 0 Å². The van der Waals surface area contributed by atoms with Crippen LogP contribution < -0.4 is 10.3 Å². The normalized spacial score (nSPS) is 19.2. The molecule has 4 rings (SSSR count). The lowest BCUT2D eigenvalue weighted by Gasteiger charge is -2.31. The van der Waals surface area contributed by atoms with Crippen molar-refractivity contribution in [3.8, 4) is 11.3 Å². The Labute approximate surface area is 176 Å². The number of anilines is 1. The lowest BCUT2D eigenvalue weighted by Crippen LogP contribution is -2.46. The topological polar surface area (TPSA) is 83.3 Å². The van der Waals surface area contributed by atoms with Crippen molar-refractivity contribution in [1.29, 1.82) is 0 Å². The van der Waals surface area contributed by atoms with Crippen LogP contribution in [0, 0.1) is 0 Å². The lowest BCUT2D eigenvalue weighted by atomic mass is 10.1. The van der Waals surface area contributed by atoms with Crippen LogP contribution in [-0.4, -0.2) is 83.6 Å². The van der Waals surface area contributed by atoms with Gasteiger partial charge in [-0.05, 0) is 31.3 Å². The van der Waals surface area contributed by atoms with Gasteiger partial charge in [0.2, 0.25) is 0 Å². The number of benzene rings is 1. The van der Waals surface area contributed by atoms with Gasteiger partial charge in [0, 0.05) is 57.0 Å². The molecule has 0 spiro atoms. The molecule has 0 saturated carbocycles. The highest BCUT2D eigenvalue weighted by Crippen LogP contribution is 2.25. The Morgan fingerprint density at radius 3 is 2.27 bits per heavy atom. The first-order valence-electron chi connectivity index (χ1n) is 10.1. The molecule has 30 heavy (non-hydrogen) atoms. The first-order chi connectivity index (χ1) is 14.4. The summed E-state index contributed by atoms with van der Waals surface area (Å²) in [5.41, 5.74) is 0.519. The van der Waals surface area contributed by atoms with Crippen LogP contribution in [0.3, 0.4) is 0 Å². The highest BCUT2D eigenvalue weighted by Gasteiger charge is 2.22. The zero-order valence-electron chi connectivity index (χ0n) is 17.1. The molecule has 0 amide bonds. The summed E-state index contributed by atoms with van der Waals surface area (Å²) in [6, 6.07) is 9.46. The summed E-state index contributed by atoms with van der Waals surface area (Å²) in [4.78, 5) is 18.6. The Morgan fingerprint density at radius 1 is 0.933 bits per heavy atom. The number of sulfone groups is 1. The zero-order chi connectivity index (χ0) is 21.1. The summed E-state index contributed by atoms with van der Waals surface area (Å²) < 4.78 is 36.9. The first kappa shape index (κ1) is 21.0. The summed E-state index contributed by atoms with van der Waals surface area (Å²) >= 11 is 0. The van der Waals surface area contributed by atoms with Crippen LogP contribution in [0.15, 0.2) is 50.5 Å². The fourth-order valence-corrected chi connectivity index (χ4v) is 5.10. The first-order valence-corrected chi connectivity index (χ1v) is 11.8. The molecule has 0 radical (unpaired) electrons. The molecule has 1 aromatic heterocycles. The largest absolute Gasteiger partial charge is 0.440 e. The number of ether oxygens (including phenoxy) is 1. The van der Waals surface area contributed by atoms with Gasteiger partial charge in [0.15, 0.2) is 21.2 Å². The zero-order valence-corrected chi connectivity index (χ0v) is 17.9. The molecule has 2 aromatic rings. The molecule has 2 saturated heterocycles. The minimum absolute atomic E-state index is 0.0157. The van der Waals surface area contributed by atoms with Crippen LogP contribution in [0.5, 0.6) is 0 Å². The molecule has 162 valence electrons. The van der Waals surface area contributed by atoms with Gasteiger partial charge in [0.05, 0.1) is 18.1 Å². The quantitative estimate of drug-likeness (QED) is 0.694. The molecule has 8 nitrogen and oxygen atoms in total. The fraction of sp³-hybridized carbons (Fsp3) is 0.476. The average Bonchev–Trinajstić information content (AvgIpc) is 2.75. The van der Waals surface area contributed by atoms with E-state index in [-0.39, 0.29) is 16.2 Å². The fourth-order valence-electron chi connectivity index (χ4n) is 3.66. The van der Waals surface area contributed by atoms with Gasteiger partial charge in [-0.25, -0.2) is 8.42 Å². The van der Waals surface area contributed by atoms with Crippen LogP contribution in [0.1, 0.15) is 0 Å². The van der Waals surface area contributed by atoms with Gasteiger partial charge in [-0.3, -0.25) is 9.69 Å². The molecule has 3 heterocycles. The van der Waals surface area contributed by atoms with E-state index in [0.29, 0.717) is 43.5 Å². The van der Waals surface area contributed by atoms with Crippen molar-refractivity contribution in [2.45, 2.75) is 4.90 Å². The highest BCUT2D eigenvalue weighted by molar-refractivity contribution is 7.91. The molecule has 0 atom stereocenters. The minimum Gasteiger partial charge on any atom is -0.440 e. The van der Waals surface area contributed by atoms with Crippen molar-refractivity contribution < 1.29 is 17.6 Å². The van der Waals surface area contributed by atoms with Gasteiger partial charge in [-0.2, -0.15) is 0 Å². The smallest absolute Gasteiger partial charge is 0.200 e. The number of nitrogens with zero attached hydrogens (tertiary/aromatic N) is 3.